The number of aliphatic hydroxyl groups is 1. The highest BCUT2D eigenvalue weighted by molar-refractivity contribution is 5.30. The number of aromatic nitrogens is 1. The average Bonchev–Trinajstić information content (AvgIpc) is 2.19. The van der Waals surface area contributed by atoms with Crippen LogP contribution in [0, 0.1) is 11.3 Å². The zero-order valence-corrected chi connectivity index (χ0v) is 7.14. The van der Waals surface area contributed by atoms with Crippen LogP contribution in [0.4, 0.5) is 0 Å². The highest BCUT2D eigenvalue weighted by Gasteiger charge is 1.99. The molecule has 66 valence electrons. The fourth-order valence-corrected chi connectivity index (χ4v) is 1.05. The summed E-state index contributed by atoms with van der Waals surface area (Å²) in [5.41, 5.74) is 1.39. The molecule has 0 spiro atoms. The summed E-state index contributed by atoms with van der Waals surface area (Å²) in [5, 5.41) is 17.1. The summed E-state index contributed by atoms with van der Waals surface area (Å²) in [6.07, 6.45) is 5.71. The SMILES string of the molecule is N#Cc1ncccc1CCC=CO. The molecular formula is C10H10N2O. The zero-order valence-electron chi connectivity index (χ0n) is 7.14. The van der Waals surface area contributed by atoms with E-state index in [2.05, 4.69) is 4.98 Å². The summed E-state index contributed by atoms with van der Waals surface area (Å²) in [4.78, 5) is 3.93. The fourth-order valence-electron chi connectivity index (χ4n) is 1.05. The number of hydrogen-bond donors (Lipinski definition) is 1. The third kappa shape index (κ3) is 2.60. The zero-order chi connectivity index (χ0) is 9.52. The van der Waals surface area contributed by atoms with Crippen LogP contribution in [0.25, 0.3) is 0 Å². The summed E-state index contributed by atoms with van der Waals surface area (Å²) in [6.45, 7) is 0. The van der Waals surface area contributed by atoms with Crippen LogP contribution in [-0.4, -0.2) is 10.1 Å². The van der Waals surface area contributed by atoms with Crippen LogP contribution in [0.3, 0.4) is 0 Å². The predicted molar refractivity (Wildman–Crippen MR) is 49.0 cm³/mol. The molecule has 0 bridgehead atoms. The fraction of sp³-hybridized carbons (Fsp3) is 0.200. The van der Waals surface area contributed by atoms with E-state index in [4.69, 9.17) is 10.4 Å². The van der Waals surface area contributed by atoms with E-state index in [0.717, 1.165) is 24.7 Å². The van der Waals surface area contributed by atoms with E-state index in [1.807, 2.05) is 12.1 Å². The lowest BCUT2D eigenvalue weighted by Crippen LogP contribution is -1.91. The Morgan fingerprint density at radius 3 is 3.15 bits per heavy atom. The molecule has 0 radical (unpaired) electrons. The minimum atomic E-state index is 0.467. The summed E-state index contributed by atoms with van der Waals surface area (Å²) in [7, 11) is 0. The van der Waals surface area contributed by atoms with Gasteiger partial charge in [-0.1, -0.05) is 6.07 Å². The molecule has 0 aliphatic heterocycles. The molecule has 1 N–H and O–H groups in total. The van der Waals surface area contributed by atoms with Crippen molar-refractivity contribution in [2.75, 3.05) is 0 Å². The Morgan fingerprint density at radius 1 is 1.62 bits per heavy atom. The molecule has 0 atom stereocenters. The first-order chi connectivity index (χ1) is 6.38. The van der Waals surface area contributed by atoms with Crippen molar-refractivity contribution in [3.8, 4) is 6.07 Å². The molecule has 1 rings (SSSR count). The lowest BCUT2D eigenvalue weighted by atomic mass is 10.1. The number of hydrogen-bond acceptors (Lipinski definition) is 3. The van der Waals surface area contributed by atoms with Gasteiger partial charge in [0.1, 0.15) is 11.8 Å². The van der Waals surface area contributed by atoms with E-state index in [0.29, 0.717) is 5.69 Å². The Balaban J connectivity index is 2.71. The van der Waals surface area contributed by atoms with Crippen LogP contribution in [0.15, 0.2) is 30.7 Å². The molecule has 1 aromatic heterocycles. The molecule has 0 aliphatic rings. The number of pyridine rings is 1. The first-order valence-corrected chi connectivity index (χ1v) is 4.01. The van der Waals surface area contributed by atoms with Gasteiger partial charge in [0.15, 0.2) is 0 Å². The first kappa shape index (κ1) is 9.27. The normalized spacial score (nSPS) is 10.1. The molecule has 1 heterocycles. The van der Waals surface area contributed by atoms with Gasteiger partial charge in [0, 0.05) is 6.20 Å². The molecule has 3 nitrogen and oxygen atoms in total. The van der Waals surface area contributed by atoms with Crippen LogP contribution in [0.2, 0.25) is 0 Å². The Hall–Kier alpha value is -1.82. The minimum absolute atomic E-state index is 0.467. The van der Waals surface area contributed by atoms with E-state index in [-0.39, 0.29) is 0 Å². The second-order valence-corrected chi connectivity index (χ2v) is 2.55. The van der Waals surface area contributed by atoms with Crippen molar-refractivity contribution in [3.05, 3.63) is 41.9 Å². The largest absolute Gasteiger partial charge is 0.516 e. The van der Waals surface area contributed by atoms with Crippen LogP contribution in [0.1, 0.15) is 17.7 Å². The second kappa shape index (κ2) is 4.94. The van der Waals surface area contributed by atoms with E-state index in [1.54, 1.807) is 18.3 Å². The standard InChI is InChI=1S/C10H10N2O/c11-8-10-9(4-1-2-7-13)5-3-6-12-10/h2-3,5-7,13H,1,4H2. The van der Waals surface area contributed by atoms with Crippen LogP contribution in [-0.2, 0) is 6.42 Å². The summed E-state index contributed by atoms with van der Waals surface area (Å²) in [6, 6.07) is 5.70. The molecule has 0 saturated heterocycles. The van der Waals surface area contributed by atoms with Gasteiger partial charge in [0.05, 0.1) is 6.26 Å². The molecule has 0 aromatic carbocycles. The summed E-state index contributed by atoms with van der Waals surface area (Å²) >= 11 is 0. The number of aryl methyl sites for hydroxylation is 1. The van der Waals surface area contributed by atoms with Gasteiger partial charge in [-0.3, -0.25) is 0 Å². The Labute approximate surface area is 77.0 Å². The highest BCUT2D eigenvalue weighted by Crippen LogP contribution is 2.06. The molecule has 0 amide bonds. The smallest absolute Gasteiger partial charge is 0.143 e. The van der Waals surface area contributed by atoms with Crippen molar-refractivity contribution in [3.63, 3.8) is 0 Å². The van der Waals surface area contributed by atoms with Gasteiger partial charge < -0.3 is 5.11 Å². The van der Waals surface area contributed by atoms with Crippen molar-refractivity contribution < 1.29 is 5.11 Å². The van der Waals surface area contributed by atoms with E-state index < -0.39 is 0 Å². The number of nitrogens with zero attached hydrogens (tertiary/aromatic N) is 2. The average molecular weight is 174 g/mol. The van der Waals surface area contributed by atoms with Crippen LogP contribution < -0.4 is 0 Å². The van der Waals surface area contributed by atoms with E-state index in [1.165, 1.54) is 0 Å². The van der Waals surface area contributed by atoms with Gasteiger partial charge >= 0.3 is 0 Å². The van der Waals surface area contributed by atoms with Gasteiger partial charge in [-0.15, -0.1) is 0 Å². The van der Waals surface area contributed by atoms with Gasteiger partial charge in [-0.05, 0) is 30.5 Å². The monoisotopic (exact) mass is 174 g/mol. The first-order valence-electron chi connectivity index (χ1n) is 4.01. The van der Waals surface area contributed by atoms with Crippen LogP contribution >= 0.6 is 0 Å². The van der Waals surface area contributed by atoms with Gasteiger partial charge in [-0.25, -0.2) is 4.98 Å². The van der Waals surface area contributed by atoms with Crippen LogP contribution in [0.5, 0.6) is 0 Å². The Bertz CT molecular complexity index is 339. The van der Waals surface area contributed by atoms with Crippen molar-refractivity contribution in [2.45, 2.75) is 12.8 Å². The molecule has 0 fully saturated rings. The Morgan fingerprint density at radius 2 is 2.46 bits per heavy atom. The van der Waals surface area contributed by atoms with Gasteiger partial charge in [0.2, 0.25) is 0 Å². The Kier molecular flexibility index (Phi) is 3.52. The number of aliphatic hydroxyl groups excluding tert-OH is 1. The summed E-state index contributed by atoms with van der Waals surface area (Å²) in [5.74, 6) is 0. The van der Waals surface area contributed by atoms with Crippen molar-refractivity contribution in [2.24, 2.45) is 0 Å². The lowest BCUT2D eigenvalue weighted by Gasteiger charge is -1.98. The molecule has 3 heteroatoms. The maximum atomic E-state index is 8.70. The summed E-state index contributed by atoms with van der Waals surface area (Å²) < 4.78 is 0. The topological polar surface area (TPSA) is 56.9 Å². The number of nitriles is 1. The minimum Gasteiger partial charge on any atom is -0.516 e. The number of allylic oxidation sites excluding steroid dienone is 1. The maximum Gasteiger partial charge on any atom is 0.143 e. The van der Waals surface area contributed by atoms with E-state index >= 15 is 0 Å². The van der Waals surface area contributed by atoms with Crippen molar-refractivity contribution in [1.82, 2.24) is 4.98 Å². The molecular weight excluding hydrogens is 164 g/mol. The third-order valence-corrected chi connectivity index (χ3v) is 1.68. The maximum absolute atomic E-state index is 8.70. The molecule has 0 aliphatic carbocycles. The second-order valence-electron chi connectivity index (χ2n) is 2.55. The molecule has 0 saturated carbocycles. The number of rotatable bonds is 3. The van der Waals surface area contributed by atoms with Gasteiger partial charge in [-0.2, -0.15) is 5.26 Å². The van der Waals surface area contributed by atoms with Crippen molar-refractivity contribution >= 4 is 0 Å². The predicted octanol–water partition coefficient (Wildman–Crippen LogP) is 1.96. The van der Waals surface area contributed by atoms with Gasteiger partial charge in [0.25, 0.3) is 0 Å². The molecule has 1 aromatic rings. The highest BCUT2D eigenvalue weighted by atomic mass is 16.2. The van der Waals surface area contributed by atoms with E-state index in [9.17, 15) is 0 Å². The van der Waals surface area contributed by atoms with Crippen molar-refractivity contribution in [1.29, 1.82) is 5.26 Å². The quantitative estimate of drug-likeness (QED) is 0.712. The molecule has 0 unspecified atom stereocenters. The lowest BCUT2D eigenvalue weighted by molar-refractivity contribution is 0.470. The third-order valence-electron chi connectivity index (χ3n) is 1.68. The molecule has 13 heavy (non-hydrogen) atoms.